The Hall–Kier alpha value is -0.170. The monoisotopic (exact) mass is 275 g/mol. The Morgan fingerprint density at radius 2 is 1.83 bits per heavy atom. The molecule has 0 aromatic heterocycles. The summed E-state index contributed by atoms with van der Waals surface area (Å²) in [5.41, 5.74) is 0. The molecule has 0 unspecified atom stereocenters. The van der Waals surface area contributed by atoms with Crippen molar-refractivity contribution in [3.05, 3.63) is 0 Å². The smallest absolute Gasteiger partial charge is 0.215 e. The molecule has 18 heavy (non-hydrogen) atoms. The average molecular weight is 275 g/mol. The first-order valence-corrected chi connectivity index (χ1v) is 8.59. The summed E-state index contributed by atoms with van der Waals surface area (Å²) in [5, 5.41) is 3.28. The highest BCUT2D eigenvalue weighted by Crippen LogP contribution is 2.24. The van der Waals surface area contributed by atoms with Crippen LogP contribution >= 0.6 is 0 Å². The van der Waals surface area contributed by atoms with Gasteiger partial charge in [-0.15, -0.1) is 0 Å². The van der Waals surface area contributed by atoms with Crippen LogP contribution in [-0.4, -0.2) is 69.2 Å². The standard InChI is InChI=1S/C12H25N3O2S/c1-14(12-4-2-3-5-12)18(16,17)11-10-15-8-6-13-7-9-15/h12-13H,2-11H2,1H3. The normalized spacial score (nSPS) is 23.9. The number of hydrogen-bond acceptors (Lipinski definition) is 4. The molecule has 0 aromatic rings. The first-order valence-electron chi connectivity index (χ1n) is 6.98. The van der Waals surface area contributed by atoms with Crippen LogP contribution in [0, 0.1) is 0 Å². The number of rotatable bonds is 5. The van der Waals surface area contributed by atoms with E-state index in [1.54, 1.807) is 11.4 Å². The number of hydrogen-bond donors (Lipinski definition) is 1. The van der Waals surface area contributed by atoms with Gasteiger partial charge in [0.2, 0.25) is 10.0 Å². The van der Waals surface area contributed by atoms with Gasteiger partial charge in [-0.2, -0.15) is 0 Å². The molecular formula is C12H25N3O2S. The molecular weight excluding hydrogens is 250 g/mol. The third-order valence-corrected chi connectivity index (χ3v) is 6.03. The Labute approximate surface area is 111 Å². The highest BCUT2D eigenvalue weighted by atomic mass is 32.2. The van der Waals surface area contributed by atoms with E-state index in [0.29, 0.717) is 6.54 Å². The first-order chi connectivity index (χ1) is 8.59. The molecule has 0 bridgehead atoms. The molecule has 1 heterocycles. The Balaban J connectivity index is 1.82. The Kier molecular flexibility index (Phi) is 5.00. The lowest BCUT2D eigenvalue weighted by molar-refractivity contribution is 0.252. The predicted molar refractivity (Wildman–Crippen MR) is 73.1 cm³/mol. The third-order valence-electron chi connectivity index (χ3n) is 4.15. The van der Waals surface area contributed by atoms with Gasteiger partial charge in [0, 0.05) is 45.8 Å². The summed E-state index contributed by atoms with van der Waals surface area (Å²) < 4.78 is 26.1. The van der Waals surface area contributed by atoms with E-state index in [9.17, 15) is 8.42 Å². The highest BCUT2D eigenvalue weighted by molar-refractivity contribution is 7.89. The maximum atomic E-state index is 12.2. The number of piperazine rings is 1. The summed E-state index contributed by atoms with van der Waals surface area (Å²) in [5.74, 6) is 0.264. The zero-order valence-electron chi connectivity index (χ0n) is 11.3. The topological polar surface area (TPSA) is 52.7 Å². The van der Waals surface area contributed by atoms with Crippen LogP contribution in [0.25, 0.3) is 0 Å². The number of sulfonamides is 1. The van der Waals surface area contributed by atoms with Crippen LogP contribution in [0.2, 0.25) is 0 Å². The van der Waals surface area contributed by atoms with Gasteiger partial charge in [-0.1, -0.05) is 12.8 Å². The summed E-state index contributed by atoms with van der Waals surface area (Å²) in [6, 6.07) is 0.248. The lowest BCUT2D eigenvalue weighted by Crippen LogP contribution is -2.46. The van der Waals surface area contributed by atoms with Gasteiger partial charge < -0.3 is 5.32 Å². The maximum absolute atomic E-state index is 12.2. The molecule has 1 saturated heterocycles. The molecule has 1 aliphatic heterocycles. The number of nitrogens with one attached hydrogen (secondary N) is 1. The second-order valence-corrected chi connectivity index (χ2v) is 7.51. The van der Waals surface area contributed by atoms with Crippen LogP contribution in [0.5, 0.6) is 0 Å². The van der Waals surface area contributed by atoms with Gasteiger partial charge in [0.25, 0.3) is 0 Å². The maximum Gasteiger partial charge on any atom is 0.215 e. The van der Waals surface area contributed by atoms with E-state index >= 15 is 0 Å². The lowest BCUT2D eigenvalue weighted by atomic mass is 10.3. The van der Waals surface area contributed by atoms with E-state index in [2.05, 4.69) is 10.2 Å². The van der Waals surface area contributed by atoms with E-state index < -0.39 is 10.0 Å². The average Bonchev–Trinajstić information content (AvgIpc) is 2.90. The number of nitrogens with zero attached hydrogens (tertiary/aromatic N) is 2. The van der Waals surface area contributed by atoms with Crippen LogP contribution in [-0.2, 0) is 10.0 Å². The van der Waals surface area contributed by atoms with Crippen LogP contribution in [0.3, 0.4) is 0 Å². The van der Waals surface area contributed by atoms with Gasteiger partial charge >= 0.3 is 0 Å². The molecule has 2 aliphatic rings. The molecule has 106 valence electrons. The molecule has 6 heteroatoms. The van der Waals surface area contributed by atoms with Crippen molar-refractivity contribution < 1.29 is 8.42 Å². The van der Waals surface area contributed by atoms with Crippen LogP contribution in [0.1, 0.15) is 25.7 Å². The quantitative estimate of drug-likeness (QED) is 0.773. The van der Waals surface area contributed by atoms with Gasteiger partial charge in [-0.25, -0.2) is 12.7 Å². The van der Waals surface area contributed by atoms with E-state index in [0.717, 1.165) is 39.0 Å². The van der Waals surface area contributed by atoms with Crippen molar-refractivity contribution >= 4 is 10.0 Å². The van der Waals surface area contributed by atoms with Crippen LogP contribution < -0.4 is 5.32 Å². The summed E-state index contributed by atoms with van der Waals surface area (Å²) in [4.78, 5) is 2.23. The van der Waals surface area contributed by atoms with E-state index in [4.69, 9.17) is 0 Å². The van der Waals surface area contributed by atoms with Gasteiger partial charge in [0.1, 0.15) is 0 Å². The van der Waals surface area contributed by atoms with Crippen molar-refractivity contribution in [2.24, 2.45) is 0 Å². The predicted octanol–water partition coefficient (Wildman–Crippen LogP) is 0.0958. The molecule has 0 radical (unpaired) electrons. The van der Waals surface area contributed by atoms with Crippen molar-refractivity contribution in [3.63, 3.8) is 0 Å². The van der Waals surface area contributed by atoms with Crippen LogP contribution in [0.15, 0.2) is 0 Å². The Morgan fingerprint density at radius 1 is 1.22 bits per heavy atom. The largest absolute Gasteiger partial charge is 0.314 e. The summed E-state index contributed by atoms with van der Waals surface area (Å²) >= 11 is 0. The molecule has 0 atom stereocenters. The van der Waals surface area contributed by atoms with Gasteiger partial charge in [-0.3, -0.25) is 4.90 Å². The third kappa shape index (κ3) is 3.66. The molecule has 0 aromatic carbocycles. The Bertz CT molecular complexity index is 346. The van der Waals surface area contributed by atoms with Crippen molar-refractivity contribution in [3.8, 4) is 0 Å². The van der Waals surface area contributed by atoms with Crippen molar-refractivity contribution in [2.75, 3.05) is 45.5 Å². The fourth-order valence-corrected chi connectivity index (χ4v) is 4.26. The summed E-state index contributed by atoms with van der Waals surface area (Å²) in [7, 11) is -1.32. The summed E-state index contributed by atoms with van der Waals surface area (Å²) in [6.07, 6.45) is 4.40. The highest BCUT2D eigenvalue weighted by Gasteiger charge is 2.28. The fraction of sp³-hybridized carbons (Fsp3) is 1.00. The van der Waals surface area contributed by atoms with Crippen molar-refractivity contribution in [1.29, 1.82) is 0 Å². The van der Waals surface area contributed by atoms with Crippen LogP contribution in [0.4, 0.5) is 0 Å². The molecule has 1 N–H and O–H groups in total. The molecule has 2 rings (SSSR count). The van der Waals surface area contributed by atoms with Crippen molar-refractivity contribution in [2.45, 2.75) is 31.7 Å². The van der Waals surface area contributed by atoms with Gasteiger partial charge in [0.15, 0.2) is 0 Å². The second kappa shape index (κ2) is 6.32. The molecule has 0 amide bonds. The summed E-state index contributed by atoms with van der Waals surface area (Å²) in [6.45, 7) is 4.53. The molecule has 2 fully saturated rings. The lowest BCUT2D eigenvalue weighted by Gasteiger charge is -2.29. The minimum absolute atomic E-state index is 0.248. The van der Waals surface area contributed by atoms with Gasteiger partial charge in [0.05, 0.1) is 5.75 Å². The SMILES string of the molecule is CN(C1CCCC1)S(=O)(=O)CCN1CCNCC1. The zero-order chi connectivity index (χ0) is 13.0. The zero-order valence-corrected chi connectivity index (χ0v) is 12.1. The van der Waals surface area contributed by atoms with Crippen molar-refractivity contribution in [1.82, 2.24) is 14.5 Å². The fourth-order valence-electron chi connectivity index (χ4n) is 2.82. The molecule has 1 saturated carbocycles. The molecule has 1 aliphatic carbocycles. The molecule has 0 spiro atoms. The minimum Gasteiger partial charge on any atom is -0.314 e. The van der Waals surface area contributed by atoms with E-state index in [1.807, 2.05) is 0 Å². The first kappa shape index (κ1) is 14.2. The molecule has 5 nitrogen and oxygen atoms in total. The minimum atomic E-state index is -3.07. The van der Waals surface area contributed by atoms with E-state index in [1.165, 1.54) is 12.8 Å². The van der Waals surface area contributed by atoms with E-state index in [-0.39, 0.29) is 11.8 Å². The Morgan fingerprint density at radius 3 is 2.44 bits per heavy atom. The van der Waals surface area contributed by atoms with Gasteiger partial charge in [-0.05, 0) is 12.8 Å². The second-order valence-electron chi connectivity index (χ2n) is 5.36.